The van der Waals surface area contributed by atoms with Crippen molar-refractivity contribution in [2.45, 2.75) is 19.3 Å². The molecule has 0 unspecified atom stereocenters. The van der Waals surface area contributed by atoms with E-state index in [1.54, 1.807) is 29.9 Å². The number of rotatable bonds is 5. The van der Waals surface area contributed by atoms with E-state index in [-0.39, 0.29) is 17.4 Å². The predicted molar refractivity (Wildman–Crippen MR) is 83.9 cm³/mol. The fraction of sp³-hybridized carbons (Fsp3) is 0.357. The number of carbonyl (C=O) groups excluding carboxylic acids is 1. The van der Waals surface area contributed by atoms with Crippen molar-refractivity contribution in [2.75, 3.05) is 5.75 Å². The van der Waals surface area contributed by atoms with Crippen molar-refractivity contribution in [1.82, 2.24) is 14.7 Å². The van der Waals surface area contributed by atoms with Gasteiger partial charge in [0, 0.05) is 23.3 Å². The monoisotopic (exact) mass is 337 g/mol. The number of aromatic nitrogens is 2. The molecule has 0 aliphatic heterocycles. The van der Waals surface area contributed by atoms with Gasteiger partial charge in [-0.3, -0.25) is 9.78 Å². The van der Waals surface area contributed by atoms with Crippen LogP contribution in [0.15, 0.2) is 29.9 Å². The van der Waals surface area contributed by atoms with E-state index >= 15 is 0 Å². The highest BCUT2D eigenvalue weighted by atomic mass is 32.2. The Labute approximate surface area is 132 Å². The van der Waals surface area contributed by atoms with Crippen LogP contribution in [-0.2, 0) is 10.0 Å². The highest BCUT2D eigenvalue weighted by molar-refractivity contribution is 7.90. The molecule has 2 heterocycles. The van der Waals surface area contributed by atoms with Crippen molar-refractivity contribution >= 4 is 27.3 Å². The van der Waals surface area contributed by atoms with Crippen LogP contribution in [0.25, 0.3) is 10.6 Å². The van der Waals surface area contributed by atoms with E-state index < -0.39 is 15.9 Å². The molecule has 3 rings (SSSR count). The molecule has 1 fully saturated rings. The smallest absolute Gasteiger partial charge is 0.266 e. The Morgan fingerprint density at radius 1 is 1.32 bits per heavy atom. The number of carbonyl (C=O) groups is 1. The standard InChI is InChI=1S/C14H15N3O3S2/c18-13(17-22(19,20)9-10-2-1-3-10)12-8-21-14(16-12)11-4-6-15-7-5-11/h4-8,10H,1-3,9H2,(H,17,18). The van der Waals surface area contributed by atoms with Crippen LogP contribution >= 0.6 is 11.3 Å². The summed E-state index contributed by atoms with van der Waals surface area (Å²) in [5.74, 6) is -0.482. The normalized spacial score (nSPS) is 15.3. The average molecular weight is 337 g/mol. The van der Waals surface area contributed by atoms with Gasteiger partial charge in [-0.1, -0.05) is 6.42 Å². The minimum Gasteiger partial charge on any atom is -0.266 e. The molecule has 22 heavy (non-hydrogen) atoms. The van der Waals surface area contributed by atoms with E-state index in [2.05, 4.69) is 14.7 Å². The Bertz CT molecular complexity index is 768. The number of sulfonamides is 1. The lowest BCUT2D eigenvalue weighted by Crippen LogP contribution is -2.36. The van der Waals surface area contributed by atoms with Crippen molar-refractivity contribution in [3.8, 4) is 10.6 Å². The number of pyridine rings is 1. The van der Waals surface area contributed by atoms with Crippen LogP contribution in [0.4, 0.5) is 0 Å². The van der Waals surface area contributed by atoms with Gasteiger partial charge in [-0.25, -0.2) is 18.1 Å². The Hall–Kier alpha value is -1.80. The molecular weight excluding hydrogens is 322 g/mol. The van der Waals surface area contributed by atoms with Gasteiger partial charge < -0.3 is 0 Å². The van der Waals surface area contributed by atoms with Crippen LogP contribution in [-0.4, -0.2) is 30.0 Å². The second-order valence-electron chi connectivity index (χ2n) is 5.28. The Balaban J connectivity index is 1.69. The van der Waals surface area contributed by atoms with Crippen LogP contribution in [0.3, 0.4) is 0 Å². The van der Waals surface area contributed by atoms with Gasteiger partial charge in [-0.05, 0) is 30.9 Å². The molecule has 116 valence electrons. The molecule has 2 aromatic heterocycles. The number of hydrogen-bond acceptors (Lipinski definition) is 6. The highest BCUT2D eigenvalue weighted by Crippen LogP contribution is 2.27. The quantitative estimate of drug-likeness (QED) is 0.902. The first kappa shape index (κ1) is 15.1. The minimum atomic E-state index is -3.59. The minimum absolute atomic E-state index is 0.0140. The van der Waals surface area contributed by atoms with Gasteiger partial charge in [0.1, 0.15) is 10.7 Å². The zero-order valence-electron chi connectivity index (χ0n) is 11.7. The number of amides is 1. The van der Waals surface area contributed by atoms with E-state index in [1.807, 2.05) is 0 Å². The van der Waals surface area contributed by atoms with Gasteiger partial charge in [0.25, 0.3) is 5.91 Å². The summed E-state index contributed by atoms with van der Waals surface area (Å²) >= 11 is 1.29. The summed E-state index contributed by atoms with van der Waals surface area (Å²) in [5.41, 5.74) is 0.963. The summed E-state index contributed by atoms with van der Waals surface area (Å²) in [6.07, 6.45) is 6.17. The van der Waals surface area contributed by atoms with Crippen LogP contribution in [0.2, 0.25) is 0 Å². The van der Waals surface area contributed by atoms with Crippen molar-refractivity contribution in [3.63, 3.8) is 0 Å². The largest absolute Gasteiger partial charge is 0.284 e. The second-order valence-corrected chi connectivity index (χ2v) is 7.91. The second kappa shape index (κ2) is 6.13. The third-order valence-electron chi connectivity index (χ3n) is 3.59. The van der Waals surface area contributed by atoms with Crippen LogP contribution < -0.4 is 4.72 Å². The van der Waals surface area contributed by atoms with Gasteiger partial charge in [0.2, 0.25) is 10.0 Å². The number of nitrogens with one attached hydrogen (secondary N) is 1. The zero-order valence-corrected chi connectivity index (χ0v) is 13.4. The van der Waals surface area contributed by atoms with Gasteiger partial charge in [-0.2, -0.15) is 0 Å². The Kier molecular flexibility index (Phi) is 4.21. The molecular formula is C14H15N3O3S2. The average Bonchev–Trinajstić information content (AvgIpc) is 2.94. The molecule has 1 aliphatic rings. The first-order valence-corrected chi connectivity index (χ1v) is 9.47. The molecule has 0 spiro atoms. The third kappa shape index (κ3) is 3.50. The lowest BCUT2D eigenvalue weighted by molar-refractivity contribution is 0.0977. The number of thiazole rings is 1. The first-order chi connectivity index (χ1) is 10.5. The summed E-state index contributed by atoms with van der Waals surface area (Å²) in [6.45, 7) is 0. The number of nitrogens with zero attached hydrogens (tertiary/aromatic N) is 2. The molecule has 1 saturated carbocycles. The molecule has 1 amide bonds. The first-order valence-electron chi connectivity index (χ1n) is 6.94. The van der Waals surface area contributed by atoms with Gasteiger partial charge in [0.05, 0.1) is 5.75 Å². The maximum atomic E-state index is 12.0. The molecule has 0 radical (unpaired) electrons. The van der Waals surface area contributed by atoms with Gasteiger partial charge >= 0.3 is 0 Å². The lowest BCUT2D eigenvalue weighted by Gasteiger charge is -2.24. The predicted octanol–water partition coefficient (Wildman–Crippen LogP) is 2.06. The van der Waals surface area contributed by atoms with Crippen molar-refractivity contribution in [3.05, 3.63) is 35.6 Å². The molecule has 0 saturated heterocycles. The lowest BCUT2D eigenvalue weighted by atomic mass is 9.87. The number of hydrogen-bond donors (Lipinski definition) is 1. The summed E-state index contributed by atoms with van der Waals surface area (Å²) in [6, 6.07) is 3.57. The fourth-order valence-electron chi connectivity index (χ4n) is 2.21. The van der Waals surface area contributed by atoms with Crippen molar-refractivity contribution in [1.29, 1.82) is 0 Å². The molecule has 8 heteroatoms. The highest BCUT2D eigenvalue weighted by Gasteiger charge is 2.26. The summed E-state index contributed by atoms with van der Waals surface area (Å²) in [4.78, 5) is 20.1. The molecule has 1 aliphatic carbocycles. The maximum absolute atomic E-state index is 12.0. The van der Waals surface area contributed by atoms with E-state index in [0.717, 1.165) is 24.8 Å². The molecule has 0 aromatic carbocycles. The molecule has 0 atom stereocenters. The third-order valence-corrected chi connectivity index (χ3v) is 5.89. The SMILES string of the molecule is O=C(NS(=O)(=O)CC1CCC1)c1csc(-c2ccncc2)n1. The molecule has 2 aromatic rings. The summed E-state index contributed by atoms with van der Waals surface area (Å²) in [5, 5.41) is 2.22. The molecule has 1 N–H and O–H groups in total. The summed E-state index contributed by atoms with van der Waals surface area (Å²) in [7, 11) is -3.59. The topological polar surface area (TPSA) is 89.0 Å². The van der Waals surface area contributed by atoms with Crippen molar-refractivity contribution < 1.29 is 13.2 Å². The van der Waals surface area contributed by atoms with Crippen LogP contribution in [0.1, 0.15) is 29.8 Å². The Morgan fingerprint density at radius 3 is 2.68 bits per heavy atom. The van der Waals surface area contributed by atoms with Gasteiger partial charge in [0.15, 0.2) is 0 Å². The van der Waals surface area contributed by atoms with Gasteiger partial charge in [-0.15, -0.1) is 11.3 Å². The fourth-order valence-corrected chi connectivity index (χ4v) is 4.44. The molecule has 6 nitrogen and oxygen atoms in total. The van der Waals surface area contributed by atoms with Crippen LogP contribution in [0.5, 0.6) is 0 Å². The van der Waals surface area contributed by atoms with E-state index in [4.69, 9.17) is 0 Å². The van der Waals surface area contributed by atoms with Crippen LogP contribution in [0, 0.1) is 5.92 Å². The van der Waals surface area contributed by atoms with E-state index in [0.29, 0.717) is 5.01 Å². The zero-order chi connectivity index (χ0) is 15.6. The van der Waals surface area contributed by atoms with E-state index in [1.165, 1.54) is 11.3 Å². The Morgan fingerprint density at radius 2 is 2.05 bits per heavy atom. The maximum Gasteiger partial charge on any atom is 0.284 e. The summed E-state index contributed by atoms with van der Waals surface area (Å²) < 4.78 is 26.0. The molecule has 0 bridgehead atoms. The van der Waals surface area contributed by atoms with Crippen molar-refractivity contribution in [2.24, 2.45) is 5.92 Å². The van der Waals surface area contributed by atoms with E-state index in [9.17, 15) is 13.2 Å².